The third kappa shape index (κ3) is 4.25. The number of carbonyl (C=O) groups excluding carboxylic acids is 1. The lowest BCUT2D eigenvalue weighted by atomic mass is 10.2. The van der Waals surface area contributed by atoms with E-state index < -0.39 is 18.8 Å². The van der Waals surface area contributed by atoms with E-state index in [9.17, 15) is 18.0 Å². The number of ether oxygens (including phenoxy) is 1. The Hall–Kier alpha value is -2.77. The van der Waals surface area contributed by atoms with Crippen LogP contribution in [-0.4, -0.2) is 36.3 Å². The predicted molar refractivity (Wildman–Crippen MR) is 91.4 cm³/mol. The number of hydrogen-bond donors (Lipinski definition) is 1. The molecule has 8 heteroatoms. The Morgan fingerprint density at radius 3 is 2.77 bits per heavy atom. The average molecular weight is 365 g/mol. The third-order valence-corrected chi connectivity index (χ3v) is 4.03. The second-order valence-electron chi connectivity index (χ2n) is 6.02. The van der Waals surface area contributed by atoms with Crippen LogP contribution in [0.2, 0.25) is 0 Å². The molecule has 1 N–H and O–H groups in total. The first-order valence-corrected chi connectivity index (χ1v) is 8.15. The summed E-state index contributed by atoms with van der Waals surface area (Å²) in [7, 11) is 0. The zero-order valence-corrected chi connectivity index (χ0v) is 14.1. The maximum absolute atomic E-state index is 12.7. The van der Waals surface area contributed by atoms with Gasteiger partial charge in [0.1, 0.15) is 6.04 Å². The Morgan fingerprint density at radius 1 is 1.31 bits per heavy atom. The molecule has 0 bridgehead atoms. The van der Waals surface area contributed by atoms with Crippen molar-refractivity contribution in [2.75, 3.05) is 23.4 Å². The molecule has 1 aromatic carbocycles. The van der Waals surface area contributed by atoms with Gasteiger partial charge < -0.3 is 15.0 Å². The number of hydrogen-bond acceptors (Lipinski definition) is 4. The number of amides is 1. The van der Waals surface area contributed by atoms with Gasteiger partial charge in [0.15, 0.2) is 6.61 Å². The Bertz CT molecular complexity index is 778. The number of anilines is 2. The molecule has 0 saturated carbocycles. The van der Waals surface area contributed by atoms with Gasteiger partial charge in [0.25, 0.3) is 0 Å². The molecule has 1 atom stereocenters. The van der Waals surface area contributed by atoms with Crippen molar-refractivity contribution in [2.24, 2.45) is 0 Å². The molecule has 1 aromatic heterocycles. The van der Waals surface area contributed by atoms with Gasteiger partial charge >= 0.3 is 6.18 Å². The molecule has 2 heterocycles. The van der Waals surface area contributed by atoms with Gasteiger partial charge in [0.2, 0.25) is 11.8 Å². The Balaban J connectivity index is 1.59. The number of carbonyl (C=O) groups is 1. The molecular weight excluding hydrogens is 347 g/mol. The van der Waals surface area contributed by atoms with Gasteiger partial charge in [-0.15, -0.1) is 0 Å². The van der Waals surface area contributed by atoms with Crippen LogP contribution in [0, 0.1) is 0 Å². The van der Waals surface area contributed by atoms with E-state index in [0.717, 1.165) is 17.7 Å². The summed E-state index contributed by atoms with van der Waals surface area (Å²) in [6, 6.07) is 10.1. The van der Waals surface area contributed by atoms with Crippen LogP contribution >= 0.6 is 0 Å². The van der Waals surface area contributed by atoms with E-state index >= 15 is 0 Å². The third-order valence-electron chi connectivity index (χ3n) is 4.03. The molecule has 2 aromatic rings. The van der Waals surface area contributed by atoms with Crippen molar-refractivity contribution in [3.63, 3.8) is 0 Å². The quantitative estimate of drug-likeness (QED) is 0.882. The first-order valence-electron chi connectivity index (χ1n) is 8.15. The molecule has 3 rings (SSSR count). The van der Waals surface area contributed by atoms with Crippen LogP contribution < -0.4 is 15.0 Å². The number of nitrogens with zero attached hydrogens (tertiary/aromatic N) is 2. The summed E-state index contributed by atoms with van der Waals surface area (Å²) in [5.74, 6) is -0.201. The standard InChI is InChI=1S/C18H18F3N3O2/c1-12(17(25)24-9-8-13-4-2-3-5-15(13)24)23-14-6-7-16(22-10-14)26-11-18(19,20)21/h2-7,10,12,23H,8-9,11H2,1H3/t12-/m0/s1. The summed E-state index contributed by atoms with van der Waals surface area (Å²) in [5.41, 5.74) is 2.58. The molecule has 0 radical (unpaired) electrons. The summed E-state index contributed by atoms with van der Waals surface area (Å²) >= 11 is 0. The highest BCUT2D eigenvalue weighted by atomic mass is 19.4. The molecule has 0 fully saturated rings. The highest BCUT2D eigenvalue weighted by Crippen LogP contribution is 2.28. The predicted octanol–water partition coefficient (Wildman–Crippen LogP) is 3.41. The SMILES string of the molecule is C[C@H](Nc1ccc(OCC(F)(F)F)nc1)C(=O)N1CCc2ccccc21. The zero-order valence-electron chi connectivity index (χ0n) is 14.1. The van der Waals surface area contributed by atoms with Crippen LogP contribution in [0.4, 0.5) is 24.5 Å². The molecule has 0 spiro atoms. The fourth-order valence-electron chi connectivity index (χ4n) is 2.82. The van der Waals surface area contributed by atoms with E-state index in [4.69, 9.17) is 0 Å². The number of pyridine rings is 1. The lowest BCUT2D eigenvalue weighted by Gasteiger charge is -2.23. The number of halogens is 3. The smallest absolute Gasteiger partial charge is 0.422 e. The van der Waals surface area contributed by atoms with Gasteiger partial charge in [0.05, 0.1) is 11.9 Å². The van der Waals surface area contributed by atoms with E-state index in [2.05, 4.69) is 15.0 Å². The number of aromatic nitrogens is 1. The molecule has 1 amide bonds. The summed E-state index contributed by atoms with van der Waals surface area (Å²) < 4.78 is 40.9. The molecule has 5 nitrogen and oxygen atoms in total. The van der Waals surface area contributed by atoms with Gasteiger partial charge in [-0.3, -0.25) is 4.79 Å². The minimum Gasteiger partial charge on any atom is -0.468 e. The van der Waals surface area contributed by atoms with Gasteiger partial charge in [-0.2, -0.15) is 13.2 Å². The largest absolute Gasteiger partial charge is 0.468 e. The van der Waals surface area contributed by atoms with E-state index in [0.29, 0.717) is 12.2 Å². The first kappa shape index (κ1) is 18.0. The molecule has 0 saturated heterocycles. The van der Waals surface area contributed by atoms with Crippen molar-refractivity contribution < 1.29 is 22.7 Å². The van der Waals surface area contributed by atoms with Gasteiger partial charge in [-0.1, -0.05) is 18.2 Å². The van der Waals surface area contributed by atoms with Crippen LogP contribution in [0.5, 0.6) is 5.88 Å². The number of alkyl halides is 3. The molecule has 1 aliphatic heterocycles. The van der Waals surface area contributed by atoms with Crippen molar-refractivity contribution in [3.8, 4) is 5.88 Å². The van der Waals surface area contributed by atoms with Gasteiger partial charge in [0, 0.05) is 18.3 Å². The van der Waals surface area contributed by atoms with Crippen LogP contribution in [0.1, 0.15) is 12.5 Å². The number of rotatable bonds is 5. The van der Waals surface area contributed by atoms with Crippen molar-refractivity contribution in [2.45, 2.75) is 25.6 Å². The fraction of sp³-hybridized carbons (Fsp3) is 0.333. The minimum absolute atomic E-state index is 0.0765. The van der Waals surface area contributed by atoms with Crippen molar-refractivity contribution >= 4 is 17.3 Å². The second-order valence-corrected chi connectivity index (χ2v) is 6.02. The monoisotopic (exact) mass is 365 g/mol. The molecule has 138 valence electrons. The number of para-hydroxylation sites is 1. The van der Waals surface area contributed by atoms with E-state index in [1.807, 2.05) is 24.3 Å². The minimum atomic E-state index is -4.41. The van der Waals surface area contributed by atoms with Crippen molar-refractivity contribution in [1.82, 2.24) is 4.98 Å². The van der Waals surface area contributed by atoms with E-state index in [1.54, 1.807) is 11.8 Å². The number of fused-ring (bicyclic) bond motifs is 1. The Kier molecular flexibility index (Phi) is 5.01. The Morgan fingerprint density at radius 2 is 2.08 bits per heavy atom. The van der Waals surface area contributed by atoms with Gasteiger partial charge in [-0.25, -0.2) is 4.98 Å². The van der Waals surface area contributed by atoms with Gasteiger partial charge in [-0.05, 0) is 31.0 Å². The lowest BCUT2D eigenvalue weighted by Crippen LogP contribution is -2.40. The molecule has 1 aliphatic rings. The molecule has 0 unspecified atom stereocenters. The van der Waals surface area contributed by atoms with Crippen LogP contribution in [0.3, 0.4) is 0 Å². The Labute approximate surface area is 148 Å². The molecule has 26 heavy (non-hydrogen) atoms. The fourth-order valence-corrected chi connectivity index (χ4v) is 2.82. The first-order chi connectivity index (χ1) is 12.3. The van der Waals surface area contributed by atoms with Crippen molar-refractivity contribution in [3.05, 3.63) is 48.2 Å². The number of nitrogens with one attached hydrogen (secondary N) is 1. The molecule has 0 aliphatic carbocycles. The summed E-state index contributed by atoms with van der Waals surface area (Å²) in [6.07, 6.45) is -2.25. The van der Waals surface area contributed by atoms with E-state index in [-0.39, 0.29) is 11.8 Å². The lowest BCUT2D eigenvalue weighted by molar-refractivity contribution is -0.154. The van der Waals surface area contributed by atoms with Crippen molar-refractivity contribution in [1.29, 1.82) is 0 Å². The topological polar surface area (TPSA) is 54.5 Å². The highest BCUT2D eigenvalue weighted by molar-refractivity contribution is 6.00. The highest BCUT2D eigenvalue weighted by Gasteiger charge is 2.29. The zero-order chi connectivity index (χ0) is 18.7. The molecular formula is C18H18F3N3O2. The summed E-state index contributed by atoms with van der Waals surface area (Å²) in [6.45, 7) is 0.972. The normalized spacial score (nSPS) is 14.7. The summed E-state index contributed by atoms with van der Waals surface area (Å²) in [5, 5.41) is 3.02. The number of benzene rings is 1. The maximum atomic E-state index is 12.7. The van der Waals surface area contributed by atoms with Crippen LogP contribution in [-0.2, 0) is 11.2 Å². The van der Waals surface area contributed by atoms with Crippen LogP contribution in [0.25, 0.3) is 0 Å². The maximum Gasteiger partial charge on any atom is 0.422 e. The average Bonchev–Trinajstić information content (AvgIpc) is 3.04. The summed E-state index contributed by atoms with van der Waals surface area (Å²) in [4.78, 5) is 18.2. The second kappa shape index (κ2) is 7.23. The van der Waals surface area contributed by atoms with Crippen LogP contribution in [0.15, 0.2) is 42.6 Å². The van der Waals surface area contributed by atoms with E-state index in [1.165, 1.54) is 18.3 Å².